The first kappa shape index (κ1) is 23.0. The Kier molecular flexibility index (Phi) is 6.79. The third-order valence-electron chi connectivity index (χ3n) is 6.30. The molecule has 0 aromatic heterocycles. The predicted molar refractivity (Wildman–Crippen MR) is 134 cm³/mol. The van der Waals surface area contributed by atoms with Gasteiger partial charge in [-0.2, -0.15) is 0 Å². The summed E-state index contributed by atoms with van der Waals surface area (Å²) in [6, 6.07) is 11.9. The molecule has 2 N–H and O–H groups in total. The van der Waals surface area contributed by atoms with Gasteiger partial charge in [-0.3, -0.25) is 0 Å². The van der Waals surface area contributed by atoms with Crippen molar-refractivity contribution in [2.75, 3.05) is 28.4 Å². The average molecular weight is 467 g/mol. The Labute approximate surface area is 200 Å². The third-order valence-corrected chi connectivity index (χ3v) is 6.52. The summed E-state index contributed by atoms with van der Waals surface area (Å²) in [6.07, 6.45) is 4.22. The summed E-state index contributed by atoms with van der Waals surface area (Å²) in [5.41, 5.74) is 5.77. The summed E-state index contributed by atoms with van der Waals surface area (Å²) in [7, 11) is 6.59. The maximum atomic E-state index is 5.61. The lowest BCUT2D eigenvalue weighted by molar-refractivity contribution is 0.354. The number of allylic oxidation sites excluding steroid dienone is 1. The van der Waals surface area contributed by atoms with E-state index in [9.17, 15) is 0 Å². The molecule has 0 saturated carbocycles. The van der Waals surface area contributed by atoms with E-state index in [2.05, 4.69) is 29.7 Å². The fourth-order valence-electron chi connectivity index (χ4n) is 4.61. The summed E-state index contributed by atoms with van der Waals surface area (Å²) in [5.74, 6) is 3.23. The number of hydrogen-bond donors (Lipinski definition) is 2. The van der Waals surface area contributed by atoms with Crippen molar-refractivity contribution in [2.45, 2.75) is 25.8 Å². The number of thiocarbonyl (C=S) groups is 1. The van der Waals surface area contributed by atoms with E-state index in [1.54, 1.807) is 28.4 Å². The molecule has 4 rings (SSSR count). The van der Waals surface area contributed by atoms with Crippen LogP contribution < -0.4 is 29.6 Å². The van der Waals surface area contributed by atoms with Crippen LogP contribution in [0.4, 0.5) is 0 Å². The molecular weight excluding hydrogens is 436 g/mol. The fourth-order valence-corrected chi connectivity index (χ4v) is 4.83. The first-order valence-electron chi connectivity index (χ1n) is 11.0. The minimum atomic E-state index is -0.0438. The maximum Gasteiger partial charge on any atom is 0.171 e. The van der Waals surface area contributed by atoms with Crippen LogP contribution in [0.15, 0.2) is 53.2 Å². The van der Waals surface area contributed by atoms with Crippen molar-refractivity contribution >= 4 is 23.4 Å². The van der Waals surface area contributed by atoms with Gasteiger partial charge >= 0.3 is 0 Å². The summed E-state index contributed by atoms with van der Waals surface area (Å²) in [4.78, 5) is 0. The van der Waals surface area contributed by atoms with E-state index in [1.807, 2.05) is 30.3 Å². The minimum absolute atomic E-state index is 0.0438. The van der Waals surface area contributed by atoms with Crippen LogP contribution in [0.2, 0.25) is 0 Å². The number of rotatable bonds is 6. The van der Waals surface area contributed by atoms with Gasteiger partial charge in [0.25, 0.3) is 0 Å². The molecule has 0 spiro atoms. The Balaban J connectivity index is 1.79. The molecule has 7 heteroatoms. The zero-order valence-electron chi connectivity index (χ0n) is 19.7. The molecule has 174 valence electrons. The molecule has 0 fully saturated rings. The van der Waals surface area contributed by atoms with Gasteiger partial charge in [0.1, 0.15) is 0 Å². The average Bonchev–Trinajstić information content (AvgIpc) is 2.84. The lowest BCUT2D eigenvalue weighted by Crippen LogP contribution is -2.46. The van der Waals surface area contributed by atoms with Gasteiger partial charge in [0.15, 0.2) is 28.1 Å². The molecule has 1 aliphatic carbocycles. The highest BCUT2D eigenvalue weighted by Gasteiger charge is 2.34. The molecule has 0 radical (unpaired) electrons. The van der Waals surface area contributed by atoms with Gasteiger partial charge in [-0.05, 0) is 83.6 Å². The second-order valence-electron chi connectivity index (χ2n) is 8.20. The van der Waals surface area contributed by atoms with Crippen LogP contribution in [0.5, 0.6) is 23.0 Å². The van der Waals surface area contributed by atoms with Gasteiger partial charge in [0.2, 0.25) is 0 Å². The number of benzene rings is 2. The van der Waals surface area contributed by atoms with E-state index in [0.717, 1.165) is 29.7 Å². The molecular formula is C26H30N2O4S. The lowest BCUT2D eigenvalue weighted by Gasteiger charge is -2.39. The van der Waals surface area contributed by atoms with E-state index in [1.165, 1.54) is 11.1 Å². The second-order valence-corrected chi connectivity index (χ2v) is 8.61. The van der Waals surface area contributed by atoms with Crippen LogP contribution in [0.3, 0.4) is 0 Å². The van der Waals surface area contributed by atoms with E-state index >= 15 is 0 Å². The molecule has 1 heterocycles. The molecule has 2 aromatic rings. The van der Waals surface area contributed by atoms with Crippen LogP contribution in [0, 0.1) is 5.92 Å². The van der Waals surface area contributed by atoms with Crippen molar-refractivity contribution in [3.8, 4) is 23.0 Å². The van der Waals surface area contributed by atoms with Crippen molar-refractivity contribution < 1.29 is 18.9 Å². The fraction of sp³-hybridized carbons (Fsp3) is 0.346. The minimum Gasteiger partial charge on any atom is -0.493 e. The Hall–Kier alpha value is -3.19. The largest absolute Gasteiger partial charge is 0.493 e. The van der Waals surface area contributed by atoms with Crippen LogP contribution in [0.25, 0.3) is 6.08 Å². The van der Waals surface area contributed by atoms with E-state index < -0.39 is 0 Å². The zero-order chi connectivity index (χ0) is 23.5. The highest BCUT2D eigenvalue weighted by atomic mass is 32.1. The van der Waals surface area contributed by atoms with Crippen LogP contribution in [0.1, 0.15) is 36.9 Å². The van der Waals surface area contributed by atoms with Gasteiger partial charge in [0.05, 0.1) is 34.5 Å². The molecule has 2 aromatic carbocycles. The quantitative estimate of drug-likeness (QED) is 0.581. The van der Waals surface area contributed by atoms with Gasteiger partial charge in [-0.25, -0.2) is 0 Å². The summed E-state index contributed by atoms with van der Waals surface area (Å²) < 4.78 is 21.8. The molecule has 2 atom stereocenters. The topological polar surface area (TPSA) is 61.0 Å². The van der Waals surface area contributed by atoms with Crippen LogP contribution in [-0.4, -0.2) is 33.6 Å². The third kappa shape index (κ3) is 4.50. The smallest absolute Gasteiger partial charge is 0.171 e. The second kappa shape index (κ2) is 9.75. The summed E-state index contributed by atoms with van der Waals surface area (Å²) in [6.45, 7) is 2.27. The van der Waals surface area contributed by atoms with Gasteiger partial charge < -0.3 is 29.6 Å². The van der Waals surface area contributed by atoms with Gasteiger partial charge in [0, 0.05) is 5.70 Å². The predicted octanol–water partition coefficient (Wildman–Crippen LogP) is 5.01. The Morgan fingerprint density at radius 2 is 1.52 bits per heavy atom. The van der Waals surface area contributed by atoms with Crippen molar-refractivity contribution in [3.05, 3.63) is 64.4 Å². The number of methoxy groups -OCH3 is 4. The Morgan fingerprint density at radius 1 is 0.879 bits per heavy atom. The number of hydrogen-bond acceptors (Lipinski definition) is 5. The van der Waals surface area contributed by atoms with E-state index in [4.69, 9.17) is 31.2 Å². The Bertz CT molecular complexity index is 1130. The molecule has 0 saturated heterocycles. The molecule has 0 amide bonds. The molecule has 2 aliphatic rings. The van der Waals surface area contributed by atoms with Crippen molar-refractivity contribution in [2.24, 2.45) is 5.92 Å². The normalized spacial score (nSPS) is 21.1. The maximum absolute atomic E-state index is 5.61. The number of nitrogens with one attached hydrogen (secondary N) is 2. The monoisotopic (exact) mass is 466 g/mol. The molecule has 1 aliphatic heterocycles. The summed E-state index contributed by atoms with van der Waals surface area (Å²) >= 11 is 5.61. The molecule has 33 heavy (non-hydrogen) atoms. The molecule has 0 bridgehead atoms. The van der Waals surface area contributed by atoms with Crippen molar-refractivity contribution in [1.82, 2.24) is 10.6 Å². The van der Waals surface area contributed by atoms with E-state index in [-0.39, 0.29) is 6.04 Å². The zero-order valence-corrected chi connectivity index (χ0v) is 20.5. The first-order valence-corrected chi connectivity index (χ1v) is 11.4. The standard InChI is InChI=1S/C26H30N2O4S/c1-15-6-8-17(12-16-7-10-19(29-2)21(13-16)31-4)24-23(15)25(28-26(33)27-24)18-9-11-20(30-3)22(14-18)32-5/h7,9-15,25H,6,8H2,1-5H3,(H2,27,28,33)/b17-12+/t15-,25-/m0/s1. The highest BCUT2D eigenvalue weighted by molar-refractivity contribution is 7.80. The first-order chi connectivity index (χ1) is 16.0. The molecule has 0 unspecified atom stereocenters. The van der Waals surface area contributed by atoms with Gasteiger partial charge in [-0.15, -0.1) is 0 Å². The molecule has 6 nitrogen and oxygen atoms in total. The summed E-state index contributed by atoms with van der Waals surface area (Å²) in [5, 5.41) is 7.52. The SMILES string of the molecule is COc1ccc(/C=C2\CC[C@H](C)C3=C2NC(=S)N[C@H]3c2ccc(OC)c(OC)c2)cc1OC. The highest BCUT2D eigenvalue weighted by Crippen LogP contribution is 2.43. The van der Waals surface area contributed by atoms with Crippen molar-refractivity contribution in [1.29, 1.82) is 0 Å². The van der Waals surface area contributed by atoms with Gasteiger partial charge in [-0.1, -0.05) is 19.1 Å². The lowest BCUT2D eigenvalue weighted by atomic mass is 9.77. The van der Waals surface area contributed by atoms with Crippen molar-refractivity contribution in [3.63, 3.8) is 0 Å². The van der Waals surface area contributed by atoms with Crippen LogP contribution >= 0.6 is 12.2 Å². The van der Waals surface area contributed by atoms with E-state index in [0.29, 0.717) is 34.0 Å². The van der Waals surface area contributed by atoms with Crippen LogP contribution in [-0.2, 0) is 0 Å². The number of ether oxygens (including phenoxy) is 4. The Morgan fingerprint density at radius 3 is 2.18 bits per heavy atom.